The van der Waals surface area contributed by atoms with E-state index in [9.17, 15) is 9.18 Å². The Hall–Kier alpha value is -3.79. The Morgan fingerprint density at radius 2 is 1.81 bits per heavy atom. The molecule has 1 saturated heterocycles. The number of fused-ring (bicyclic) bond motifs is 1. The fraction of sp³-hybridized carbons (Fsp3) is 0.385. The zero-order valence-corrected chi connectivity index (χ0v) is 20.9. The van der Waals surface area contributed by atoms with Crippen LogP contribution in [-0.4, -0.2) is 63.4 Å². The highest BCUT2D eigenvalue weighted by Gasteiger charge is 2.35. The number of methoxy groups -OCH3 is 1. The number of piperazine rings is 1. The number of nitrogens with one attached hydrogen (secondary N) is 1. The molecule has 1 aliphatic heterocycles. The predicted molar refractivity (Wildman–Crippen MR) is 136 cm³/mol. The lowest BCUT2D eigenvalue weighted by atomic mass is 10.0. The minimum Gasteiger partial charge on any atom is -0.497 e. The first-order chi connectivity index (χ1) is 17.3. The van der Waals surface area contributed by atoms with E-state index in [0.29, 0.717) is 49.0 Å². The van der Waals surface area contributed by atoms with Gasteiger partial charge >= 0.3 is 0 Å². The number of halogens is 1. The van der Waals surface area contributed by atoms with Gasteiger partial charge in [-0.3, -0.25) is 9.69 Å². The summed E-state index contributed by atoms with van der Waals surface area (Å²) in [5, 5.41) is 13.5. The lowest BCUT2D eigenvalue weighted by Crippen LogP contribution is -2.49. The molecular weight excluding hydrogens is 461 g/mol. The largest absolute Gasteiger partial charge is 0.497 e. The van der Waals surface area contributed by atoms with Crippen LogP contribution in [-0.2, 0) is 5.54 Å². The quantitative estimate of drug-likeness (QED) is 0.458. The van der Waals surface area contributed by atoms with Crippen LogP contribution in [0.25, 0.3) is 10.9 Å². The Morgan fingerprint density at radius 1 is 1.06 bits per heavy atom. The molecule has 4 aromatic rings. The van der Waals surface area contributed by atoms with Crippen molar-refractivity contribution in [3.8, 4) is 5.75 Å². The molecule has 1 atom stereocenters. The Kier molecular flexibility index (Phi) is 6.21. The van der Waals surface area contributed by atoms with E-state index in [-0.39, 0.29) is 16.9 Å². The zero-order chi connectivity index (χ0) is 25.4. The summed E-state index contributed by atoms with van der Waals surface area (Å²) in [4.78, 5) is 20.7. The first kappa shape index (κ1) is 23.9. The molecule has 10 heteroatoms. The molecule has 188 valence electrons. The molecule has 0 unspecified atom stereocenters. The molecule has 0 saturated carbocycles. The number of benzene rings is 2. The van der Waals surface area contributed by atoms with Gasteiger partial charge in [-0.2, -0.15) is 0 Å². The van der Waals surface area contributed by atoms with Gasteiger partial charge in [0.15, 0.2) is 5.82 Å². The van der Waals surface area contributed by atoms with Gasteiger partial charge in [0.25, 0.3) is 5.56 Å². The highest BCUT2D eigenvalue weighted by Crippen LogP contribution is 2.31. The monoisotopic (exact) mass is 491 g/mol. The number of tetrazole rings is 1. The summed E-state index contributed by atoms with van der Waals surface area (Å²) in [7, 11) is 1.61. The van der Waals surface area contributed by atoms with E-state index >= 15 is 0 Å². The van der Waals surface area contributed by atoms with E-state index < -0.39 is 6.04 Å². The molecule has 1 aliphatic rings. The number of H-pyrrole nitrogens is 1. The second-order valence-corrected chi connectivity index (χ2v) is 10.0. The Balaban J connectivity index is 1.57. The number of para-hydroxylation sites is 1. The zero-order valence-electron chi connectivity index (χ0n) is 20.9. The summed E-state index contributed by atoms with van der Waals surface area (Å²) in [5.41, 5.74) is 1.28. The van der Waals surface area contributed by atoms with Crippen molar-refractivity contribution in [1.29, 1.82) is 0 Å². The average Bonchev–Trinajstić information content (AvgIpc) is 3.35. The van der Waals surface area contributed by atoms with Crippen LogP contribution in [0.5, 0.6) is 5.75 Å². The maximum atomic E-state index is 14.4. The molecule has 5 rings (SSSR count). The van der Waals surface area contributed by atoms with Crippen LogP contribution in [0.4, 0.5) is 10.1 Å². The summed E-state index contributed by atoms with van der Waals surface area (Å²) < 4.78 is 21.6. The summed E-state index contributed by atoms with van der Waals surface area (Å²) in [6.45, 7) is 8.49. The van der Waals surface area contributed by atoms with Gasteiger partial charge in [0, 0.05) is 42.6 Å². The number of hydrogen-bond acceptors (Lipinski definition) is 7. The van der Waals surface area contributed by atoms with Gasteiger partial charge in [-0.05, 0) is 67.6 Å². The predicted octanol–water partition coefficient (Wildman–Crippen LogP) is 3.33. The molecule has 1 fully saturated rings. The summed E-state index contributed by atoms with van der Waals surface area (Å²) in [6, 6.07) is 13.8. The average molecular weight is 492 g/mol. The van der Waals surface area contributed by atoms with Gasteiger partial charge in [-0.1, -0.05) is 12.1 Å². The first-order valence-corrected chi connectivity index (χ1v) is 12.0. The van der Waals surface area contributed by atoms with Crippen molar-refractivity contribution in [3.63, 3.8) is 0 Å². The smallest absolute Gasteiger partial charge is 0.253 e. The van der Waals surface area contributed by atoms with Crippen LogP contribution < -0.4 is 15.2 Å². The van der Waals surface area contributed by atoms with Crippen molar-refractivity contribution >= 4 is 16.6 Å². The Bertz CT molecular complexity index is 1430. The molecule has 0 radical (unpaired) electrons. The Labute approximate surface area is 208 Å². The van der Waals surface area contributed by atoms with Crippen molar-refractivity contribution in [2.24, 2.45) is 0 Å². The van der Waals surface area contributed by atoms with E-state index in [4.69, 9.17) is 4.74 Å². The second kappa shape index (κ2) is 9.34. The molecule has 2 aromatic carbocycles. The van der Waals surface area contributed by atoms with E-state index in [1.165, 1.54) is 6.07 Å². The number of nitrogens with zero attached hydrogens (tertiary/aromatic N) is 6. The molecule has 1 N–H and O–H groups in total. The summed E-state index contributed by atoms with van der Waals surface area (Å²) in [6.07, 6.45) is 0. The maximum absolute atomic E-state index is 14.4. The van der Waals surface area contributed by atoms with E-state index in [2.05, 4.69) is 25.4 Å². The molecule has 0 bridgehead atoms. The fourth-order valence-electron chi connectivity index (χ4n) is 4.80. The Morgan fingerprint density at radius 3 is 2.50 bits per heavy atom. The fourth-order valence-corrected chi connectivity index (χ4v) is 4.80. The third kappa shape index (κ3) is 4.44. The highest BCUT2D eigenvalue weighted by atomic mass is 19.1. The van der Waals surface area contributed by atoms with Gasteiger partial charge in [-0.15, -0.1) is 5.10 Å². The van der Waals surface area contributed by atoms with Gasteiger partial charge in [0.1, 0.15) is 17.6 Å². The molecular formula is C26H30FN7O2. The molecule has 0 spiro atoms. The standard InChI is InChI=1S/C26H30FN7O2/c1-26(2,3)34-24(29-30-31-34)23(19-16-17-15-18(36-4)9-10-21(17)28-25(19)35)33-13-11-32(12-14-33)22-8-6-5-7-20(22)27/h5-10,15-16,23H,11-14H2,1-4H3,(H,28,35)/t23-/m0/s1. The van der Waals surface area contributed by atoms with Crippen LogP contribution in [0.1, 0.15) is 38.2 Å². The lowest BCUT2D eigenvalue weighted by Gasteiger charge is -2.40. The summed E-state index contributed by atoms with van der Waals surface area (Å²) >= 11 is 0. The van der Waals surface area contributed by atoms with Crippen molar-refractivity contribution in [2.75, 3.05) is 38.2 Å². The van der Waals surface area contributed by atoms with Gasteiger partial charge in [0.2, 0.25) is 0 Å². The van der Waals surface area contributed by atoms with E-state index in [1.54, 1.807) is 23.9 Å². The maximum Gasteiger partial charge on any atom is 0.253 e. The molecule has 3 heterocycles. The molecule has 36 heavy (non-hydrogen) atoms. The minimum absolute atomic E-state index is 0.197. The molecule has 2 aromatic heterocycles. The van der Waals surface area contributed by atoms with Crippen LogP contribution in [0.15, 0.2) is 53.3 Å². The number of anilines is 1. The van der Waals surface area contributed by atoms with Crippen LogP contribution >= 0.6 is 0 Å². The third-order valence-corrected chi connectivity index (χ3v) is 6.62. The van der Waals surface area contributed by atoms with Gasteiger partial charge in [-0.25, -0.2) is 9.07 Å². The van der Waals surface area contributed by atoms with Gasteiger partial charge in [0.05, 0.1) is 18.3 Å². The van der Waals surface area contributed by atoms with Crippen molar-refractivity contribution in [3.05, 3.63) is 76.1 Å². The van der Waals surface area contributed by atoms with E-state index in [0.717, 1.165) is 10.9 Å². The highest BCUT2D eigenvalue weighted by molar-refractivity contribution is 5.80. The second-order valence-electron chi connectivity index (χ2n) is 10.0. The summed E-state index contributed by atoms with van der Waals surface area (Å²) in [5.74, 6) is 1.06. The molecule has 0 aliphatic carbocycles. The third-order valence-electron chi connectivity index (χ3n) is 6.62. The molecule has 0 amide bonds. The lowest BCUT2D eigenvalue weighted by molar-refractivity contribution is 0.190. The number of aromatic nitrogens is 5. The number of aromatic amines is 1. The number of hydrogen-bond donors (Lipinski definition) is 1. The van der Waals surface area contributed by atoms with Crippen LogP contribution in [0.3, 0.4) is 0 Å². The SMILES string of the molecule is COc1ccc2[nH]c(=O)c([C@@H](c3nnnn3C(C)(C)C)N3CCN(c4ccccc4F)CC3)cc2c1. The molecule has 9 nitrogen and oxygen atoms in total. The van der Waals surface area contributed by atoms with Crippen molar-refractivity contribution < 1.29 is 9.13 Å². The number of rotatable bonds is 5. The van der Waals surface area contributed by atoms with Crippen LogP contribution in [0, 0.1) is 5.82 Å². The van der Waals surface area contributed by atoms with Gasteiger partial charge < -0.3 is 14.6 Å². The van der Waals surface area contributed by atoms with Crippen molar-refractivity contribution in [2.45, 2.75) is 32.4 Å². The normalized spacial score (nSPS) is 15.9. The topological polar surface area (TPSA) is 92.2 Å². The minimum atomic E-state index is -0.485. The number of ether oxygens (including phenoxy) is 1. The first-order valence-electron chi connectivity index (χ1n) is 12.0. The van der Waals surface area contributed by atoms with Crippen molar-refractivity contribution in [1.82, 2.24) is 30.1 Å². The number of pyridine rings is 1. The van der Waals surface area contributed by atoms with E-state index in [1.807, 2.05) is 56.0 Å². The van der Waals surface area contributed by atoms with Crippen LogP contribution in [0.2, 0.25) is 0 Å².